The maximum absolute atomic E-state index is 12.7. The van der Waals surface area contributed by atoms with Gasteiger partial charge in [0.25, 0.3) is 0 Å². The van der Waals surface area contributed by atoms with Crippen LogP contribution in [0.5, 0.6) is 23.0 Å². The fourth-order valence-electron chi connectivity index (χ4n) is 2.00. The van der Waals surface area contributed by atoms with Gasteiger partial charge in [0.1, 0.15) is 0 Å². The van der Waals surface area contributed by atoms with Gasteiger partial charge in [-0.05, 0) is 44.0 Å². The molecule has 0 unspecified atom stereocenters. The van der Waals surface area contributed by atoms with Crippen LogP contribution in [-0.4, -0.2) is 12.6 Å². The van der Waals surface area contributed by atoms with Crippen LogP contribution in [0.1, 0.15) is 0 Å². The lowest BCUT2D eigenvalue weighted by atomic mass is 10.3. The summed E-state index contributed by atoms with van der Waals surface area (Å²) in [5, 5.41) is 0. The molecular weight excluding hydrogens is 496 g/mol. The highest BCUT2D eigenvalue weighted by Crippen LogP contribution is 2.50. The molecular formula is C14H8Br2F4N2O4. The predicted molar refractivity (Wildman–Crippen MR) is 89.5 cm³/mol. The zero-order chi connectivity index (χ0) is 19.3. The molecule has 12 heteroatoms. The van der Waals surface area contributed by atoms with Crippen LogP contribution in [0.4, 0.5) is 28.9 Å². The molecule has 0 atom stereocenters. The van der Waals surface area contributed by atoms with Crippen LogP contribution < -0.4 is 30.4 Å². The summed E-state index contributed by atoms with van der Waals surface area (Å²) in [7, 11) is 0. The van der Waals surface area contributed by atoms with E-state index in [1.54, 1.807) is 0 Å². The van der Waals surface area contributed by atoms with E-state index in [1.165, 1.54) is 24.3 Å². The summed E-state index contributed by atoms with van der Waals surface area (Å²) in [6, 6.07) is 5.42. The second-order valence-electron chi connectivity index (χ2n) is 4.95. The Morgan fingerprint density at radius 3 is 2.04 bits per heavy atom. The van der Waals surface area contributed by atoms with E-state index < -0.39 is 12.6 Å². The van der Waals surface area contributed by atoms with E-state index in [-0.39, 0.29) is 33.2 Å². The van der Waals surface area contributed by atoms with Crippen LogP contribution in [0.3, 0.4) is 0 Å². The van der Waals surface area contributed by atoms with E-state index in [2.05, 4.69) is 50.8 Å². The van der Waals surface area contributed by atoms with Gasteiger partial charge in [0.05, 0.1) is 10.2 Å². The highest BCUT2D eigenvalue weighted by Gasteiger charge is 2.45. The third kappa shape index (κ3) is 3.70. The monoisotopic (exact) mass is 502 g/mol. The molecule has 0 saturated heterocycles. The summed E-state index contributed by atoms with van der Waals surface area (Å²) in [5.74, 6) is -0.159. The summed E-state index contributed by atoms with van der Waals surface area (Å²) >= 11 is 6.14. The van der Waals surface area contributed by atoms with Crippen LogP contribution >= 0.6 is 31.9 Å². The van der Waals surface area contributed by atoms with Gasteiger partial charge in [-0.2, -0.15) is 0 Å². The molecule has 2 aliphatic heterocycles. The summed E-state index contributed by atoms with van der Waals surface area (Å²) in [6.45, 7) is 0. The zero-order valence-electron chi connectivity index (χ0n) is 12.4. The number of hydrogen-bond donors (Lipinski definition) is 2. The van der Waals surface area contributed by atoms with E-state index in [4.69, 9.17) is 11.5 Å². The Bertz CT molecular complexity index is 883. The van der Waals surface area contributed by atoms with Crippen LogP contribution in [-0.2, 0) is 0 Å². The Kier molecular flexibility index (Phi) is 4.51. The predicted octanol–water partition coefficient (Wildman–Crippen LogP) is 4.71. The number of rotatable bonds is 0. The summed E-state index contributed by atoms with van der Waals surface area (Å²) in [6.07, 6.45) is -7.19. The lowest BCUT2D eigenvalue weighted by Gasteiger charge is -2.05. The Balaban J connectivity index is 0.000000152. The van der Waals surface area contributed by atoms with Gasteiger partial charge in [-0.3, -0.25) is 0 Å². The minimum atomic E-state index is -3.63. The van der Waals surface area contributed by atoms with Crippen molar-refractivity contribution in [1.29, 1.82) is 0 Å². The average Bonchev–Trinajstić information content (AvgIpc) is 2.99. The fourth-order valence-corrected chi connectivity index (χ4v) is 3.16. The first-order valence-electron chi connectivity index (χ1n) is 6.66. The smallest absolute Gasteiger partial charge is 0.399 e. The van der Waals surface area contributed by atoms with E-state index in [1.807, 2.05) is 0 Å². The first kappa shape index (κ1) is 18.7. The number of alkyl halides is 4. The fraction of sp³-hybridized carbons (Fsp3) is 0.143. The first-order chi connectivity index (χ1) is 12.0. The van der Waals surface area contributed by atoms with E-state index in [0.29, 0.717) is 10.2 Å². The Hall–Kier alpha value is -2.08. The molecule has 2 aliphatic rings. The van der Waals surface area contributed by atoms with Crippen molar-refractivity contribution in [1.82, 2.24) is 0 Å². The van der Waals surface area contributed by atoms with E-state index >= 15 is 0 Å². The molecule has 6 nitrogen and oxygen atoms in total. The zero-order valence-corrected chi connectivity index (χ0v) is 15.5. The summed E-state index contributed by atoms with van der Waals surface area (Å²) in [4.78, 5) is 0. The van der Waals surface area contributed by atoms with E-state index in [0.717, 1.165) is 0 Å². The molecule has 4 N–H and O–H groups in total. The number of ether oxygens (including phenoxy) is 4. The molecule has 140 valence electrons. The second-order valence-corrected chi connectivity index (χ2v) is 6.60. The highest BCUT2D eigenvalue weighted by atomic mass is 79.9. The maximum atomic E-state index is 12.7. The number of nitrogens with two attached hydrogens (primary N) is 2. The molecule has 0 saturated carbocycles. The number of nitrogen functional groups attached to an aromatic ring is 2. The van der Waals surface area contributed by atoms with Crippen LogP contribution in [0.25, 0.3) is 0 Å². The largest absolute Gasteiger partial charge is 0.586 e. The van der Waals surface area contributed by atoms with Crippen molar-refractivity contribution in [2.24, 2.45) is 0 Å². The molecule has 0 aliphatic carbocycles. The molecule has 2 heterocycles. The topological polar surface area (TPSA) is 89.0 Å². The molecule has 0 bridgehead atoms. The van der Waals surface area contributed by atoms with Gasteiger partial charge in [-0.15, -0.1) is 17.6 Å². The maximum Gasteiger partial charge on any atom is 0.586 e. The second kappa shape index (κ2) is 6.27. The lowest BCUT2D eigenvalue weighted by Crippen LogP contribution is -2.26. The van der Waals surface area contributed by atoms with Crippen LogP contribution in [0.2, 0.25) is 0 Å². The quantitative estimate of drug-likeness (QED) is 0.400. The minimum absolute atomic E-state index is 0.00852. The molecule has 2 aromatic rings. The Morgan fingerprint density at radius 1 is 0.769 bits per heavy atom. The molecule has 0 radical (unpaired) electrons. The Morgan fingerprint density at radius 2 is 1.35 bits per heavy atom. The minimum Gasteiger partial charge on any atom is -0.399 e. The summed E-state index contributed by atoms with van der Waals surface area (Å²) in [5.41, 5.74) is 11.5. The third-order valence-corrected chi connectivity index (χ3v) is 4.49. The number of halogens is 6. The molecule has 2 aromatic carbocycles. The molecule has 0 aromatic heterocycles. The van der Waals surface area contributed by atoms with Gasteiger partial charge >= 0.3 is 12.6 Å². The summed E-state index contributed by atoms with van der Waals surface area (Å²) < 4.78 is 67.6. The van der Waals surface area contributed by atoms with Crippen molar-refractivity contribution < 1.29 is 36.5 Å². The Labute approximate surface area is 160 Å². The van der Waals surface area contributed by atoms with Gasteiger partial charge in [0, 0.05) is 22.3 Å². The number of fused-ring (bicyclic) bond motifs is 2. The van der Waals surface area contributed by atoms with Crippen molar-refractivity contribution in [2.75, 3.05) is 11.5 Å². The number of benzene rings is 2. The van der Waals surface area contributed by atoms with E-state index in [9.17, 15) is 17.6 Å². The molecule has 26 heavy (non-hydrogen) atoms. The van der Waals surface area contributed by atoms with Gasteiger partial charge in [-0.25, -0.2) is 0 Å². The molecule has 0 spiro atoms. The van der Waals surface area contributed by atoms with Gasteiger partial charge in [0.15, 0.2) is 23.0 Å². The standard InChI is InChI=1S/C7H3Br2F2NO2.C7H5F2NO2/c8-2-1-3-6(4(9)5(2)12)14-7(10,11)13-3;8-7(9)11-5-2-1-4(10)3-6(5)12-7/h1H,12H2;1-3H,10H2. The average molecular weight is 504 g/mol. The van der Waals surface area contributed by atoms with Crippen molar-refractivity contribution in [3.8, 4) is 23.0 Å². The number of hydrogen-bond acceptors (Lipinski definition) is 6. The van der Waals surface area contributed by atoms with Crippen LogP contribution in [0.15, 0.2) is 33.2 Å². The van der Waals surface area contributed by atoms with Crippen LogP contribution in [0, 0.1) is 0 Å². The first-order valence-corrected chi connectivity index (χ1v) is 8.25. The highest BCUT2D eigenvalue weighted by molar-refractivity contribution is 9.11. The van der Waals surface area contributed by atoms with Gasteiger partial charge < -0.3 is 30.4 Å². The molecule has 4 rings (SSSR count). The van der Waals surface area contributed by atoms with Crippen molar-refractivity contribution in [3.05, 3.63) is 33.2 Å². The lowest BCUT2D eigenvalue weighted by molar-refractivity contribution is -0.287. The van der Waals surface area contributed by atoms with Crippen molar-refractivity contribution >= 4 is 43.2 Å². The van der Waals surface area contributed by atoms with Gasteiger partial charge in [-0.1, -0.05) is 0 Å². The normalized spacial score (nSPS) is 17.5. The number of anilines is 2. The van der Waals surface area contributed by atoms with Crippen molar-refractivity contribution in [3.63, 3.8) is 0 Å². The van der Waals surface area contributed by atoms with Gasteiger partial charge in [0.2, 0.25) is 0 Å². The SMILES string of the molecule is Nc1c(Br)cc2c(c1Br)OC(F)(F)O2.Nc1ccc2c(c1)OC(F)(F)O2. The molecule has 0 amide bonds. The van der Waals surface area contributed by atoms with Crippen molar-refractivity contribution in [2.45, 2.75) is 12.6 Å². The third-order valence-electron chi connectivity index (χ3n) is 3.05. The molecule has 0 fully saturated rings.